The maximum absolute atomic E-state index is 10.6. The molecule has 0 atom stereocenters. The van der Waals surface area contributed by atoms with Gasteiger partial charge in [-0.3, -0.25) is 4.98 Å². The molecule has 3 N–H and O–H groups in total. The fraction of sp³-hybridized carbons (Fsp3) is 0.312. The summed E-state index contributed by atoms with van der Waals surface area (Å²) in [7, 11) is 3.90. The molecule has 0 saturated carbocycles. The Labute approximate surface area is 162 Å². The summed E-state index contributed by atoms with van der Waals surface area (Å²) in [6.07, 6.45) is -2.72. The van der Waals surface area contributed by atoms with Crippen molar-refractivity contribution in [3.63, 3.8) is 0 Å². The fourth-order valence-corrected chi connectivity index (χ4v) is 1.89. The molecular weight excluding hydrogens is 397 g/mol. The normalized spacial score (nSPS) is 11.0. The van der Waals surface area contributed by atoms with Crippen molar-refractivity contribution >= 4 is 11.7 Å². The summed E-state index contributed by atoms with van der Waals surface area (Å²) in [6.45, 7) is 0.492. The van der Waals surface area contributed by atoms with E-state index >= 15 is 0 Å². The number of alkyl halides is 3. The Bertz CT molecular complexity index is 937. The van der Waals surface area contributed by atoms with E-state index in [1.165, 1.54) is 0 Å². The van der Waals surface area contributed by atoms with Gasteiger partial charge in [0.1, 0.15) is 11.5 Å². The molecule has 3 aromatic rings. The van der Waals surface area contributed by atoms with Crippen molar-refractivity contribution < 1.29 is 32.1 Å². The molecule has 0 radical (unpaired) electrons. The van der Waals surface area contributed by atoms with Gasteiger partial charge in [-0.1, -0.05) is 10.3 Å². The average Bonchev–Trinajstić information content (AvgIpc) is 3.31. The van der Waals surface area contributed by atoms with Crippen LogP contribution in [0.15, 0.2) is 33.4 Å². The summed E-state index contributed by atoms with van der Waals surface area (Å²) >= 11 is 0. The van der Waals surface area contributed by atoms with Gasteiger partial charge in [-0.25, -0.2) is 4.79 Å². The summed E-state index contributed by atoms with van der Waals surface area (Å²) < 4.78 is 42.1. The molecule has 3 aromatic heterocycles. The number of nitrogens with zero attached hydrogens (tertiary/aromatic N) is 5. The van der Waals surface area contributed by atoms with E-state index in [0.717, 1.165) is 5.69 Å². The van der Waals surface area contributed by atoms with Gasteiger partial charge in [0.05, 0.1) is 11.9 Å². The molecule has 0 fully saturated rings. The van der Waals surface area contributed by atoms with Crippen LogP contribution >= 0.6 is 0 Å². The van der Waals surface area contributed by atoms with Crippen molar-refractivity contribution in [2.75, 3.05) is 25.5 Å². The molecule has 0 aromatic carbocycles. The lowest BCUT2D eigenvalue weighted by atomic mass is 10.3. The zero-order valence-corrected chi connectivity index (χ0v) is 15.3. The first-order valence-electron chi connectivity index (χ1n) is 8.05. The van der Waals surface area contributed by atoms with Crippen LogP contribution in [0.4, 0.5) is 18.9 Å². The predicted octanol–water partition coefficient (Wildman–Crippen LogP) is 1.99. The summed E-state index contributed by atoms with van der Waals surface area (Å²) in [5.41, 5.74) is 7.59. The van der Waals surface area contributed by atoms with E-state index in [-0.39, 0.29) is 0 Å². The van der Waals surface area contributed by atoms with Crippen molar-refractivity contribution in [1.29, 1.82) is 0 Å². The summed E-state index contributed by atoms with van der Waals surface area (Å²) in [4.78, 5) is 19.5. The number of hydrogen-bond acceptors (Lipinski definition) is 9. The lowest BCUT2D eigenvalue weighted by Crippen LogP contribution is -2.21. The Hall–Kier alpha value is -3.48. The SMILES string of the molecule is CN(C)c1ccc(-c2noc(-c3cc(CCN)on3)n2)nc1.O=C(O)C(F)(F)F. The summed E-state index contributed by atoms with van der Waals surface area (Å²) in [6, 6.07) is 5.52. The lowest BCUT2D eigenvalue weighted by molar-refractivity contribution is -0.192. The molecule has 10 nitrogen and oxygen atoms in total. The highest BCUT2D eigenvalue weighted by molar-refractivity contribution is 5.73. The second kappa shape index (κ2) is 9.14. The third-order valence-corrected chi connectivity index (χ3v) is 3.33. The van der Waals surface area contributed by atoms with Gasteiger partial charge in [-0.05, 0) is 18.7 Å². The number of halogens is 3. The second-order valence-corrected chi connectivity index (χ2v) is 5.74. The van der Waals surface area contributed by atoms with E-state index in [2.05, 4.69) is 20.3 Å². The highest BCUT2D eigenvalue weighted by Gasteiger charge is 2.38. The minimum atomic E-state index is -5.08. The molecule has 0 bridgehead atoms. The number of aliphatic carboxylic acids is 1. The van der Waals surface area contributed by atoms with Crippen molar-refractivity contribution in [3.05, 3.63) is 30.2 Å². The van der Waals surface area contributed by atoms with E-state index in [1.54, 1.807) is 12.3 Å². The molecule has 3 rings (SSSR count). The zero-order valence-electron chi connectivity index (χ0n) is 15.3. The average molecular weight is 414 g/mol. The van der Waals surface area contributed by atoms with Gasteiger partial charge in [-0.15, -0.1) is 0 Å². The van der Waals surface area contributed by atoms with Gasteiger partial charge in [-0.2, -0.15) is 18.2 Å². The topological polar surface area (TPSA) is 144 Å². The quantitative estimate of drug-likeness (QED) is 0.636. The van der Waals surface area contributed by atoms with Crippen LogP contribution in [0, 0.1) is 0 Å². The molecule has 29 heavy (non-hydrogen) atoms. The summed E-state index contributed by atoms with van der Waals surface area (Å²) in [5.74, 6) is -1.37. The highest BCUT2D eigenvalue weighted by atomic mass is 19.4. The first-order valence-corrected chi connectivity index (χ1v) is 8.05. The molecule has 0 saturated heterocycles. The van der Waals surface area contributed by atoms with Crippen LogP contribution < -0.4 is 10.6 Å². The lowest BCUT2D eigenvalue weighted by Gasteiger charge is -2.10. The molecule has 0 spiro atoms. The highest BCUT2D eigenvalue weighted by Crippen LogP contribution is 2.22. The van der Waals surface area contributed by atoms with Crippen LogP contribution in [0.3, 0.4) is 0 Å². The van der Waals surface area contributed by atoms with Gasteiger partial charge >= 0.3 is 12.1 Å². The third-order valence-electron chi connectivity index (χ3n) is 3.33. The Morgan fingerprint density at radius 3 is 2.41 bits per heavy atom. The van der Waals surface area contributed by atoms with Crippen LogP contribution in [0.1, 0.15) is 5.76 Å². The molecule has 0 aliphatic carbocycles. The standard InChI is InChI=1S/C14H16N6O2.C2HF3O2/c1-20(2)9-3-4-11(16-8-9)13-17-14(22-19-13)12-7-10(5-6-15)21-18-12;3-2(4,5)1(6)7/h3-4,7-8H,5-6,15H2,1-2H3;(H,6,7). The largest absolute Gasteiger partial charge is 0.490 e. The van der Waals surface area contributed by atoms with Gasteiger partial charge in [0.2, 0.25) is 5.82 Å². The Morgan fingerprint density at radius 2 is 1.90 bits per heavy atom. The number of rotatable bonds is 5. The van der Waals surface area contributed by atoms with Crippen LogP contribution in [0.2, 0.25) is 0 Å². The number of pyridine rings is 1. The van der Waals surface area contributed by atoms with E-state index in [0.29, 0.717) is 41.8 Å². The molecular formula is C16H17F3N6O4. The Kier molecular flexibility index (Phi) is 6.88. The molecule has 0 aliphatic heterocycles. The van der Waals surface area contributed by atoms with Crippen molar-refractivity contribution in [2.24, 2.45) is 5.73 Å². The first kappa shape index (κ1) is 21.8. The number of carboxylic acids is 1. The van der Waals surface area contributed by atoms with E-state index in [9.17, 15) is 13.2 Å². The number of anilines is 1. The number of aromatic nitrogens is 4. The zero-order chi connectivity index (χ0) is 21.6. The van der Waals surface area contributed by atoms with Gasteiger partial charge in [0, 0.05) is 26.6 Å². The minimum absolute atomic E-state index is 0.292. The minimum Gasteiger partial charge on any atom is -0.475 e. The van der Waals surface area contributed by atoms with Crippen LogP contribution in [-0.2, 0) is 11.2 Å². The van der Waals surface area contributed by atoms with Crippen molar-refractivity contribution in [1.82, 2.24) is 20.3 Å². The monoisotopic (exact) mass is 414 g/mol. The number of nitrogens with two attached hydrogens (primary N) is 1. The molecule has 0 aliphatic rings. The van der Waals surface area contributed by atoms with E-state index < -0.39 is 12.1 Å². The smallest absolute Gasteiger partial charge is 0.475 e. The third kappa shape index (κ3) is 6.00. The van der Waals surface area contributed by atoms with Crippen LogP contribution in [0.5, 0.6) is 0 Å². The van der Waals surface area contributed by atoms with Crippen LogP contribution in [-0.4, -0.2) is 58.2 Å². The molecule has 13 heteroatoms. The fourth-order valence-electron chi connectivity index (χ4n) is 1.89. The predicted molar refractivity (Wildman–Crippen MR) is 93.8 cm³/mol. The summed E-state index contributed by atoms with van der Waals surface area (Å²) in [5, 5.41) is 14.9. The van der Waals surface area contributed by atoms with Gasteiger partial charge < -0.3 is 24.8 Å². The van der Waals surface area contributed by atoms with Crippen LogP contribution in [0.25, 0.3) is 23.1 Å². The first-order chi connectivity index (χ1) is 13.6. The van der Waals surface area contributed by atoms with Gasteiger partial charge in [0.15, 0.2) is 5.69 Å². The maximum atomic E-state index is 10.6. The van der Waals surface area contributed by atoms with Gasteiger partial charge in [0.25, 0.3) is 5.89 Å². The Balaban J connectivity index is 0.000000370. The second-order valence-electron chi connectivity index (χ2n) is 5.74. The molecule has 156 valence electrons. The molecule has 0 unspecified atom stereocenters. The van der Waals surface area contributed by atoms with E-state index in [1.807, 2.05) is 31.1 Å². The van der Waals surface area contributed by atoms with Crippen molar-refractivity contribution in [2.45, 2.75) is 12.6 Å². The number of carboxylic acid groups (broad SMARTS) is 1. The number of hydrogen-bond donors (Lipinski definition) is 2. The molecule has 3 heterocycles. The maximum Gasteiger partial charge on any atom is 0.490 e. The number of carbonyl (C=O) groups is 1. The Morgan fingerprint density at radius 1 is 1.21 bits per heavy atom. The van der Waals surface area contributed by atoms with E-state index in [4.69, 9.17) is 24.7 Å². The molecule has 0 amide bonds. The van der Waals surface area contributed by atoms with Crippen molar-refractivity contribution in [3.8, 4) is 23.1 Å².